The van der Waals surface area contributed by atoms with E-state index in [1.165, 1.54) is 73.2 Å². The highest BCUT2D eigenvalue weighted by atomic mass is 16.5. The van der Waals surface area contributed by atoms with E-state index in [9.17, 15) is 4.79 Å². The van der Waals surface area contributed by atoms with E-state index in [0.29, 0.717) is 5.56 Å². The summed E-state index contributed by atoms with van der Waals surface area (Å²) in [6.45, 7) is 4.36. The summed E-state index contributed by atoms with van der Waals surface area (Å²) in [5, 5.41) is 4.74. The molecule has 7 aromatic carbocycles. The van der Waals surface area contributed by atoms with Gasteiger partial charge < -0.3 is 4.74 Å². The summed E-state index contributed by atoms with van der Waals surface area (Å²) in [6, 6.07) is 49.3. The van der Waals surface area contributed by atoms with E-state index >= 15 is 0 Å². The highest BCUT2D eigenvalue weighted by Gasteiger charge is 2.17. The van der Waals surface area contributed by atoms with Crippen molar-refractivity contribution in [3.63, 3.8) is 0 Å². The van der Waals surface area contributed by atoms with Crippen molar-refractivity contribution in [1.82, 2.24) is 0 Å². The normalized spacial score (nSPS) is 11.2. The minimum Gasteiger partial charge on any atom is -0.465 e. The van der Waals surface area contributed by atoms with Crippen LogP contribution in [0.15, 0.2) is 140 Å². The maximum Gasteiger partial charge on any atom is 0.337 e. The number of fused-ring (bicyclic) bond motifs is 2. The molecule has 0 saturated heterocycles. The summed E-state index contributed by atoms with van der Waals surface area (Å²) < 4.78 is 4.93. The van der Waals surface area contributed by atoms with Crippen LogP contribution in [0.4, 0.5) is 0 Å². The predicted octanol–water partition coefficient (Wildman–Crippen LogP) is 11.1. The Kier molecular flexibility index (Phi) is 7.04. The maximum absolute atomic E-state index is 12.1. The van der Waals surface area contributed by atoms with E-state index in [-0.39, 0.29) is 5.97 Å². The molecule has 0 saturated carbocycles. The molecule has 0 bridgehead atoms. The van der Waals surface area contributed by atoms with Crippen molar-refractivity contribution in [3.05, 3.63) is 156 Å². The first-order valence-electron chi connectivity index (χ1n) is 14.9. The maximum atomic E-state index is 12.1. The molecule has 0 aromatic heterocycles. The van der Waals surface area contributed by atoms with Gasteiger partial charge in [-0.15, -0.1) is 0 Å². The Bertz CT molecular complexity index is 2130. The summed E-state index contributed by atoms with van der Waals surface area (Å²) in [5.74, 6) is -0.332. The van der Waals surface area contributed by atoms with Crippen LogP contribution in [0, 0.1) is 13.8 Å². The van der Waals surface area contributed by atoms with Gasteiger partial charge in [0.2, 0.25) is 0 Å². The molecule has 0 spiro atoms. The van der Waals surface area contributed by atoms with Crippen molar-refractivity contribution in [2.75, 3.05) is 7.11 Å². The Labute approximate surface area is 258 Å². The Balaban J connectivity index is 1.42. The minimum atomic E-state index is -0.332. The summed E-state index contributed by atoms with van der Waals surface area (Å²) in [5.41, 5.74) is 12.6. The van der Waals surface area contributed by atoms with E-state index in [0.717, 1.165) is 11.1 Å². The Morgan fingerprint density at radius 1 is 0.455 bits per heavy atom. The second-order valence-corrected chi connectivity index (χ2v) is 11.3. The van der Waals surface area contributed by atoms with Gasteiger partial charge in [0.25, 0.3) is 0 Å². The van der Waals surface area contributed by atoms with Gasteiger partial charge in [-0.3, -0.25) is 0 Å². The molecule has 0 aliphatic rings. The molecule has 7 rings (SSSR count). The van der Waals surface area contributed by atoms with E-state index < -0.39 is 0 Å². The van der Waals surface area contributed by atoms with Crippen LogP contribution in [-0.2, 0) is 4.74 Å². The molecule has 0 unspecified atom stereocenters. The fourth-order valence-corrected chi connectivity index (χ4v) is 6.46. The zero-order valence-corrected chi connectivity index (χ0v) is 25.1. The molecule has 0 amide bonds. The largest absolute Gasteiger partial charge is 0.465 e. The first-order valence-corrected chi connectivity index (χ1v) is 14.9. The molecule has 44 heavy (non-hydrogen) atoms. The third-order valence-electron chi connectivity index (χ3n) is 8.68. The Hall–Kier alpha value is -5.47. The Morgan fingerprint density at radius 2 is 0.955 bits per heavy atom. The number of methoxy groups -OCH3 is 1. The zero-order chi connectivity index (χ0) is 30.2. The smallest absolute Gasteiger partial charge is 0.337 e. The number of hydrogen-bond donors (Lipinski definition) is 0. The lowest BCUT2D eigenvalue weighted by molar-refractivity contribution is 0.0600. The predicted molar refractivity (Wildman–Crippen MR) is 184 cm³/mol. The number of ether oxygens (including phenoxy) is 1. The standard InChI is InChI=1S/C42H32O2/c1-27-11-4-5-14-34(27)39-26-32(20-19-28(39)2)31-12-10-13-33(25-31)41-37-17-8-6-15-35(37)40(36-16-7-9-18-38(36)41)29-21-23-30(24-22-29)42(43)44-3/h4-26H,1-3H3. The van der Waals surface area contributed by atoms with Crippen molar-refractivity contribution in [2.24, 2.45) is 0 Å². The first kappa shape index (κ1) is 27.4. The highest BCUT2D eigenvalue weighted by Crippen LogP contribution is 2.44. The lowest BCUT2D eigenvalue weighted by Crippen LogP contribution is -2.00. The van der Waals surface area contributed by atoms with Crippen molar-refractivity contribution < 1.29 is 9.53 Å². The lowest BCUT2D eigenvalue weighted by atomic mass is 9.85. The molecule has 7 aromatic rings. The van der Waals surface area contributed by atoms with Crippen LogP contribution < -0.4 is 0 Å². The molecule has 0 aliphatic carbocycles. The van der Waals surface area contributed by atoms with Gasteiger partial charge >= 0.3 is 5.97 Å². The number of carbonyl (C=O) groups is 1. The van der Waals surface area contributed by atoms with E-state index in [4.69, 9.17) is 4.74 Å². The van der Waals surface area contributed by atoms with Crippen LogP contribution in [0.2, 0.25) is 0 Å². The summed E-state index contributed by atoms with van der Waals surface area (Å²) in [7, 11) is 1.41. The minimum absolute atomic E-state index is 0.332. The average Bonchev–Trinajstić information content (AvgIpc) is 3.07. The number of esters is 1. The molecule has 0 fully saturated rings. The van der Waals surface area contributed by atoms with Crippen LogP contribution >= 0.6 is 0 Å². The molecule has 2 nitrogen and oxygen atoms in total. The molecule has 212 valence electrons. The van der Waals surface area contributed by atoms with Crippen LogP contribution in [0.25, 0.3) is 66.1 Å². The Morgan fingerprint density at radius 3 is 1.57 bits per heavy atom. The second-order valence-electron chi connectivity index (χ2n) is 11.3. The zero-order valence-electron chi connectivity index (χ0n) is 25.1. The van der Waals surface area contributed by atoms with Crippen LogP contribution in [0.5, 0.6) is 0 Å². The lowest BCUT2D eigenvalue weighted by Gasteiger charge is -2.18. The van der Waals surface area contributed by atoms with Crippen LogP contribution in [0.1, 0.15) is 21.5 Å². The van der Waals surface area contributed by atoms with E-state index in [1.54, 1.807) is 0 Å². The topological polar surface area (TPSA) is 26.3 Å². The molecule has 0 N–H and O–H groups in total. The van der Waals surface area contributed by atoms with E-state index in [1.807, 2.05) is 24.3 Å². The van der Waals surface area contributed by atoms with Crippen molar-refractivity contribution in [2.45, 2.75) is 13.8 Å². The third-order valence-corrected chi connectivity index (χ3v) is 8.68. The number of rotatable bonds is 5. The molecule has 0 aliphatic heterocycles. The van der Waals surface area contributed by atoms with Crippen molar-refractivity contribution >= 4 is 27.5 Å². The third kappa shape index (κ3) is 4.75. The molecule has 0 atom stereocenters. The number of carbonyl (C=O) groups excluding carboxylic acids is 1. The van der Waals surface area contributed by atoms with Gasteiger partial charge in [-0.1, -0.05) is 115 Å². The van der Waals surface area contributed by atoms with Gasteiger partial charge in [0.1, 0.15) is 0 Å². The first-order chi connectivity index (χ1) is 21.5. The molecule has 0 radical (unpaired) electrons. The molecular weight excluding hydrogens is 536 g/mol. The fraction of sp³-hybridized carbons (Fsp3) is 0.0714. The van der Waals surface area contributed by atoms with E-state index in [2.05, 4.69) is 129 Å². The van der Waals surface area contributed by atoms with Crippen molar-refractivity contribution in [1.29, 1.82) is 0 Å². The quantitative estimate of drug-likeness (QED) is 0.152. The number of aryl methyl sites for hydroxylation is 2. The van der Waals surface area contributed by atoms with Gasteiger partial charge in [0.15, 0.2) is 0 Å². The average molecular weight is 569 g/mol. The van der Waals surface area contributed by atoms with Gasteiger partial charge in [0, 0.05) is 0 Å². The van der Waals surface area contributed by atoms with Crippen LogP contribution in [0.3, 0.4) is 0 Å². The van der Waals surface area contributed by atoms with Gasteiger partial charge in [0.05, 0.1) is 12.7 Å². The molecular formula is C42H32O2. The number of benzene rings is 7. The second kappa shape index (κ2) is 11.3. The summed E-state index contributed by atoms with van der Waals surface area (Å²) in [4.78, 5) is 12.1. The SMILES string of the molecule is COC(=O)c1ccc(-c2c3ccccc3c(-c3cccc(-c4ccc(C)c(-c5ccccc5C)c4)c3)c3ccccc23)cc1. The molecule has 2 heteroatoms. The van der Waals surface area contributed by atoms with Gasteiger partial charge in [-0.2, -0.15) is 0 Å². The monoisotopic (exact) mass is 568 g/mol. The van der Waals surface area contributed by atoms with Gasteiger partial charge in [-0.05, 0) is 115 Å². The molecule has 0 heterocycles. The number of hydrogen-bond acceptors (Lipinski definition) is 2. The van der Waals surface area contributed by atoms with Gasteiger partial charge in [-0.25, -0.2) is 4.79 Å². The van der Waals surface area contributed by atoms with Crippen LogP contribution in [-0.4, -0.2) is 13.1 Å². The van der Waals surface area contributed by atoms with Crippen molar-refractivity contribution in [3.8, 4) is 44.5 Å². The fourth-order valence-electron chi connectivity index (χ4n) is 6.46. The summed E-state index contributed by atoms with van der Waals surface area (Å²) >= 11 is 0. The highest BCUT2D eigenvalue weighted by molar-refractivity contribution is 6.21. The summed E-state index contributed by atoms with van der Waals surface area (Å²) in [6.07, 6.45) is 0.